The molecule has 6 nitrogen and oxygen atoms in total. The Morgan fingerprint density at radius 3 is 2.72 bits per heavy atom. The summed E-state index contributed by atoms with van der Waals surface area (Å²) in [6.45, 7) is 4.89. The van der Waals surface area contributed by atoms with Crippen molar-refractivity contribution in [2.24, 2.45) is 0 Å². The minimum atomic E-state index is -3.64. The van der Waals surface area contributed by atoms with Gasteiger partial charge in [-0.1, -0.05) is 38.0 Å². The standard InChI is InChI=1S/C22H28N2O4S/c1-3-4-7-13-23-22(25)16-28-21-11-10-19(15-17(21)2)29(26,27)24-14-12-18-8-5-6-9-20(18)24/h5-6,8-11,15H,3-4,7,12-14,16H2,1-2H3,(H,23,25). The highest BCUT2D eigenvalue weighted by atomic mass is 32.2. The van der Waals surface area contributed by atoms with Crippen LogP contribution in [0, 0.1) is 6.92 Å². The lowest BCUT2D eigenvalue weighted by molar-refractivity contribution is -0.123. The second-order valence-corrected chi connectivity index (χ2v) is 9.09. The number of aryl methyl sites for hydroxylation is 1. The smallest absolute Gasteiger partial charge is 0.264 e. The molecular weight excluding hydrogens is 388 g/mol. The zero-order valence-electron chi connectivity index (χ0n) is 17.0. The van der Waals surface area contributed by atoms with Crippen LogP contribution in [0.25, 0.3) is 0 Å². The largest absolute Gasteiger partial charge is 0.484 e. The van der Waals surface area contributed by atoms with Gasteiger partial charge in [-0.2, -0.15) is 0 Å². The summed E-state index contributed by atoms with van der Waals surface area (Å²) in [6, 6.07) is 12.3. The Bertz CT molecular complexity index is 973. The van der Waals surface area contributed by atoms with E-state index in [4.69, 9.17) is 4.74 Å². The van der Waals surface area contributed by atoms with E-state index in [2.05, 4.69) is 12.2 Å². The summed E-state index contributed by atoms with van der Waals surface area (Å²) in [6.07, 6.45) is 3.85. The van der Waals surface area contributed by atoms with Crippen LogP contribution < -0.4 is 14.4 Å². The number of unbranched alkanes of at least 4 members (excludes halogenated alkanes) is 2. The molecule has 156 valence electrons. The molecular formula is C22H28N2O4S. The Balaban J connectivity index is 1.66. The second-order valence-electron chi connectivity index (χ2n) is 7.23. The van der Waals surface area contributed by atoms with E-state index in [1.54, 1.807) is 19.1 Å². The lowest BCUT2D eigenvalue weighted by Crippen LogP contribution is -2.30. The van der Waals surface area contributed by atoms with Crippen molar-refractivity contribution in [3.05, 3.63) is 53.6 Å². The molecule has 2 aromatic rings. The summed E-state index contributed by atoms with van der Waals surface area (Å²) < 4.78 is 33.3. The SMILES string of the molecule is CCCCCNC(=O)COc1ccc(S(=O)(=O)N2CCc3ccccc32)cc1C. The van der Waals surface area contributed by atoms with Gasteiger partial charge in [0.1, 0.15) is 5.75 Å². The average molecular weight is 417 g/mol. The number of anilines is 1. The fraction of sp³-hybridized carbons (Fsp3) is 0.409. The van der Waals surface area contributed by atoms with Crippen molar-refractivity contribution in [2.45, 2.75) is 44.4 Å². The van der Waals surface area contributed by atoms with E-state index < -0.39 is 10.0 Å². The van der Waals surface area contributed by atoms with E-state index in [9.17, 15) is 13.2 Å². The van der Waals surface area contributed by atoms with Gasteiger partial charge < -0.3 is 10.1 Å². The first-order chi connectivity index (χ1) is 13.9. The number of fused-ring (bicyclic) bond motifs is 1. The average Bonchev–Trinajstić information content (AvgIpc) is 3.15. The fourth-order valence-corrected chi connectivity index (χ4v) is 5.02. The normalized spacial score (nSPS) is 13.2. The number of ether oxygens (including phenoxy) is 1. The lowest BCUT2D eigenvalue weighted by atomic mass is 10.2. The Labute approximate surface area is 172 Å². The molecule has 0 saturated heterocycles. The molecule has 3 rings (SSSR count). The van der Waals surface area contributed by atoms with E-state index >= 15 is 0 Å². The van der Waals surface area contributed by atoms with Crippen molar-refractivity contribution in [3.8, 4) is 5.75 Å². The van der Waals surface area contributed by atoms with Gasteiger partial charge in [-0.15, -0.1) is 0 Å². The van der Waals surface area contributed by atoms with E-state index in [-0.39, 0.29) is 17.4 Å². The van der Waals surface area contributed by atoms with Gasteiger partial charge >= 0.3 is 0 Å². The number of nitrogens with one attached hydrogen (secondary N) is 1. The second kappa shape index (κ2) is 9.31. The summed E-state index contributed by atoms with van der Waals surface area (Å²) in [5.41, 5.74) is 2.46. The van der Waals surface area contributed by atoms with Crippen LogP contribution in [0.5, 0.6) is 5.75 Å². The van der Waals surface area contributed by atoms with Crippen molar-refractivity contribution < 1.29 is 17.9 Å². The lowest BCUT2D eigenvalue weighted by Gasteiger charge is -2.20. The summed E-state index contributed by atoms with van der Waals surface area (Å²) in [5.74, 6) is 0.334. The van der Waals surface area contributed by atoms with Crippen molar-refractivity contribution in [1.82, 2.24) is 5.32 Å². The van der Waals surface area contributed by atoms with Gasteiger partial charge in [-0.25, -0.2) is 8.42 Å². The molecule has 1 aliphatic heterocycles. The van der Waals surface area contributed by atoms with E-state index in [0.717, 1.165) is 30.5 Å². The predicted octanol–water partition coefficient (Wildman–Crippen LogP) is 3.43. The third-order valence-corrected chi connectivity index (χ3v) is 6.85. The van der Waals surface area contributed by atoms with Crippen LogP contribution in [-0.4, -0.2) is 34.0 Å². The first-order valence-electron chi connectivity index (χ1n) is 10.0. The topological polar surface area (TPSA) is 75.7 Å². The zero-order chi connectivity index (χ0) is 20.9. The number of sulfonamides is 1. The molecule has 0 fully saturated rings. The number of benzene rings is 2. The molecule has 0 aromatic heterocycles. The number of para-hydroxylation sites is 1. The molecule has 1 aliphatic rings. The van der Waals surface area contributed by atoms with Gasteiger partial charge in [-0.3, -0.25) is 9.10 Å². The molecule has 0 radical (unpaired) electrons. The van der Waals surface area contributed by atoms with Crippen molar-refractivity contribution in [2.75, 3.05) is 24.0 Å². The minimum absolute atomic E-state index is 0.0848. The molecule has 2 aromatic carbocycles. The van der Waals surface area contributed by atoms with Gasteiger partial charge in [0.25, 0.3) is 15.9 Å². The fourth-order valence-electron chi connectivity index (χ4n) is 3.43. The van der Waals surface area contributed by atoms with Gasteiger partial charge in [-0.05, 0) is 55.2 Å². The Hall–Kier alpha value is -2.54. The van der Waals surface area contributed by atoms with Crippen LogP contribution in [0.15, 0.2) is 47.4 Å². The molecule has 0 bridgehead atoms. The van der Waals surface area contributed by atoms with Crippen LogP contribution >= 0.6 is 0 Å². The molecule has 0 saturated carbocycles. The summed E-state index contributed by atoms with van der Waals surface area (Å²) >= 11 is 0. The van der Waals surface area contributed by atoms with Gasteiger partial charge in [0.15, 0.2) is 6.61 Å². The van der Waals surface area contributed by atoms with Crippen molar-refractivity contribution >= 4 is 21.6 Å². The third-order valence-electron chi connectivity index (χ3n) is 5.04. The third kappa shape index (κ3) is 4.90. The monoisotopic (exact) mass is 416 g/mol. The molecule has 0 unspecified atom stereocenters. The summed E-state index contributed by atoms with van der Waals surface area (Å²) in [5, 5.41) is 2.82. The minimum Gasteiger partial charge on any atom is -0.484 e. The number of nitrogens with zero attached hydrogens (tertiary/aromatic N) is 1. The maximum absolute atomic E-state index is 13.1. The highest BCUT2D eigenvalue weighted by molar-refractivity contribution is 7.92. The summed E-state index contributed by atoms with van der Waals surface area (Å²) in [4.78, 5) is 12.1. The number of carbonyl (C=O) groups is 1. The van der Waals surface area contributed by atoms with Crippen molar-refractivity contribution in [3.63, 3.8) is 0 Å². The quantitative estimate of drug-likeness (QED) is 0.636. The highest BCUT2D eigenvalue weighted by Crippen LogP contribution is 2.33. The van der Waals surface area contributed by atoms with Crippen molar-refractivity contribution in [1.29, 1.82) is 0 Å². The molecule has 0 atom stereocenters. The molecule has 0 spiro atoms. The summed E-state index contributed by atoms with van der Waals surface area (Å²) in [7, 11) is -3.64. The van der Waals surface area contributed by atoms with Crippen LogP contribution in [0.4, 0.5) is 5.69 Å². The van der Waals surface area contributed by atoms with Gasteiger partial charge in [0.2, 0.25) is 0 Å². The van der Waals surface area contributed by atoms with Gasteiger partial charge in [0, 0.05) is 13.1 Å². The number of carbonyl (C=O) groups excluding carboxylic acids is 1. The maximum Gasteiger partial charge on any atom is 0.264 e. The van der Waals surface area contributed by atoms with Gasteiger partial charge in [0.05, 0.1) is 10.6 Å². The molecule has 1 heterocycles. The van der Waals surface area contributed by atoms with Crippen LogP contribution in [0.1, 0.15) is 37.3 Å². The Morgan fingerprint density at radius 1 is 1.17 bits per heavy atom. The maximum atomic E-state index is 13.1. The molecule has 1 amide bonds. The first-order valence-corrected chi connectivity index (χ1v) is 11.5. The van der Waals surface area contributed by atoms with E-state index in [1.165, 1.54) is 10.4 Å². The number of hydrogen-bond acceptors (Lipinski definition) is 4. The molecule has 1 N–H and O–H groups in total. The Morgan fingerprint density at radius 2 is 1.97 bits per heavy atom. The number of rotatable bonds is 9. The molecule has 29 heavy (non-hydrogen) atoms. The van der Waals surface area contributed by atoms with E-state index in [0.29, 0.717) is 30.8 Å². The predicted molar refractivity (Wildman–Crippen MR) is 114 cm³/mol. The molecule has 7 heteroatoms. The first kappa shape index (κ1) is 21.2. The molecule has 0 aliphatic carbocycles. The number of amides is 1. The highest BCUT2D eigenvalue weighted by Gasteiger charge is 2.30. The number of hydrogen-bond donors (Lipinski definition) is 1. The zero-order valence-corrected chi connectivity index (χ0v) is 17.8. The van der Waals surface area contributed by atoms with E-state index in [1.807, 2.05) is 24.3 Å². The van der Waals surface area contributed by atoms with Crippen LogP contribution in [0.3, 0.4) is 0 Å². The van der Waals surface area contributed by atoms with Crippen LogP contribution in [0.2, 0.25) is 0 Å². The van der Waals surface area contributed by atoms with Crippen LogP contribution in [-0.2, 0) is 21.2 Å². The Kier molecular flexibility index (Phi) is 6.79.